The molecule has 2 unspecified atom stereocenters. The Morgan fingerprint density at radius 1 is 0.652 bits per heavy atom. The van der Waals surface area contributed by atoms with Crippen LogP contribution in [0, 0.1) is 11.8 Å². The van der Waals surface area contributed by atoms with Crippen molar-refractivity contribution >= 4 is 7.32 Å². The number of hydrogen-bond acceptors (Lipinski definition) is 3. The Bertz CT molecular complexity index is 237. The average molecular weight is 328 g/mol. The smallest absolute Gasteiger partial charge is 0.402 e. The summed E-state index contributed by atoms with van der Waals surface area (Å²) in [7, 11) is -1.62. The minimum Gasteiger partial charge on any atom is -0.402 e. The summed E-state index contributed by atoms with van der Waals surface area (Å²) in [5, 5.41) is 18.1. The molecule has 138 valence electrons. The largest absolute Gasteiger partial charge is 0.633 e. The van der Waals surface area contributed by atoms with Gasteiger partial charge in [-0.3, -0.25) is 0 Å². The summed E-state index contributed by atoms with van der Waals surface area (Å²) < 4.78 is 5.16. The van der Waals surface area contributed by atoms with Crippen molar-refractivity contribution in [2.24, 2.45) is 11.8 Å². The lowest BCUT2D eigenvalue weighted by molar-refractivity contribution is 0.114. The van der Waals surface area contributed by atoms with E-state index in [2.05, 4.69) is 20.8 Å². The molecule has 0 spiro atoms. The lowest BCUT2D eigenvalue weighted by Crippen LogP contribution is -2.26. The zero-order valence-electron chi connectivity index (χ0n) is 15.9. The molecule has 4 heteroatoms. The topological polar surface area (TPSA) is 49.7 Å². The first-order valence-electron chi connectivity index (χ1n) is 10.1. The van der Waals surface area contributed by atoms with Gasteiger partial charge in [-0.15, -0.1) is 0 Å². The van der Waals surface area contributed by atoms with E-state index in [1.807, 2.05) is 0 Å². The zero-order chi connectivity index (χ0) is 17.3. The van der Waals surface area contributed by atoms with E-state index >= 15 is 0 Å². The quantitative estimate of drug-likeness (QED) is 0.280. The van der Waals surface area contributed by atoms with Crippen molar-refractivity contribution in [1.82, 2.24) is 0 Å². The van der Waals surface area contributed by atoms with Crippen molar-refractivity contribution in [3.05, 3.63) is 0 Å². The maximum absolute atomic E-state index is 9.05. The highest BCUT2D eigenvalue weighted by molar-refractivity contribution is 6.32. The SMILES string of the molecule is CCCCCCC(CCCCC)C(CCCCC)COB(O)O. The van der Waals surface area contributed by atoms with Gasteiger partial charge < -0.3 is 14.7 Å². The highest BCUT2D eigenvalue weighted by atomic mass is 16.6. The first-order valence-corrected chi connectivity index (χ1v) is 10.1. The Balaban J connectivity index is 4.49. The molecule has 0 aliphatic heterocycles. The number of hydrogen-bond donors (Lipinski definition) is 2. The van der Waals surface area contributed by atoms with Gasteiger partial charge in [-0.1, -0.05) is 97.8 Å². The van der Waals surface area contributed by atoms with Crippen LogP contribution in [0.5, 0.6) is 0 Å². The number of unbranched alkanes of at least 4 members (excludes halogenated alkanes) is 7. The van der Waals surface area contributed by atoms with Gasteiger partial charge in [0.1, 0.15) is 0 Å². The first kappa shape index (κ1) is 22.9. The van der Waals surface area contributed by atoms with Crippen LogP contribution in [0.4, 0.5) is 0 Å². The van der Waals surface area contributed by atoms with Gasteiger partial charge in [-0.05, 0) is 18.3 Å². The monoisotopic (exact) mass is 328 g/mol. The summed E-state index contributed by atoms with van der Waals surface area (Å²) in [5.41, 5.74) is 0. The van der Waals surface area contributed by atoms with Crippen LogP contribution in [0.15, 0.2) is 0 Å². The standard InChI is InChI=1S/C19H41BO3/c1-4-7-10-13-15-18(14-11-8-5-2)19(16-12-9-6-3)17-23-20(21)22/h18-19,21-22H,4-17H2,1-3H3. The second-order valence-corrected chi connectivity index (χ2v) is 7.02. The Kier molecular flexibility index (Phi) is 16.8. The second kappa shape index (κ2) is 16.8. The molecule has 0 bridgehead atoms. The predicted octanol–water partition coefficient (Wildman–Crippen LogP) is 5.34. The van der Waals surface area contributed by atoms with E-state index in [0.717, 1.165) is 6.42 Å². The summed E-state index contributed by atoms with van der Waals surface area (Å²) >= 11 is 0. The molecule has 0 rings (SSSR count). The van der Waals surface area contributed by atoms with Gasteiger partial charge >= 0.3 is 7.32 Å². The lowest BCUT2D eigenvalue weighted by Gasteiger charge is -2.28. The minimum absolute atomic E-state index is 0.474. The molecule has 0 aliphatic carbocycles. The Morgan fingerprint density at radius 3 is 1.57 bits per heavy atom. The van der Waals surface area contributed by atoms with Crippen molar-refractivity contribution in [3.8, 4) is 0 Å². The second-order valence-electron chi connectivity index (χ2n) is 7.02. The third-order valence-corrected chi connectivity index (χ3v) is 4.91. The van der Waals surface area contributed by atoms with E-state index in [0.29, 0.717) is 18.4 Å². The Hall–Kier alpha value is -0.0551. The highest BCUT2D eigenvalue weighted by Crippen LogP contribution is 2.30. The van der Waals surface area contributed by atoms with Crippen molar-refractivity contribution < 1.29 is 14.7 Å². The molecule has 0 aliphatic rings. The summed E-state index contributed by atoms with van der Waals surface area (Å²) in [6, 6.07) is 0. The number of rotatable bonds is 17. The molecule has 2 N–H and O–H groups in total. The molecular weight excluding hydrogens is 287 g/mol. The van der Waals surface area contributed by atoms with Gasteiger partial charge in [-0.25, -0.2) is 0 Å². The average Bonchev–Trinajstić information content (AvgIpc) is 2.53. The van der Waals surface area contributed by atoms with E-state index in [1.54, 1.807) is 0 Å². The maximum atomic E-state index is 9.05. The molecular formula is C19H41BO3. The Labute approximate surface area is 145 Å². The maximum Gasteiger partial charge on any atom is 0.633 e. The predicted molar refractivity (Wildman–Crippen MR) is 100 cm³/mol. The molecule has 0 fully saturated rings. The van der Waals surface area contributed by atoms with Crippen LogP contribution in [0.25, 0.3) is 0 Å². The molecule has 0 saturated heterocycles. The van der Waals surface area contributed by atoms with Gasteiger partial charge in [0.25, 0.3) is 0 Å². The van der Waals surface area contributed by atoms with Crippen molar-refractivity contribution in [2.45, 2.75) is 104 Å². The highest BCUT2D eigenvalue weighted by Gasteiger charge is 2.23. The lowest BCUT2D eigenvalue weighted by atomic mass is 9.81. The van der Waals surface area contributed by atoms with Gasteiger partial charge in [0.05, 0.1) is 0 Å². The van der Waals surface area contributed by atoms with Gasteiger partial charge in [0.15, 0.2) is 0 Å². The van der Waals surface area contributed by atoms with Crippen LogP contribution in [-0.4, -0.2) is 24.0 Å². The van der Waals surface area contributed by atoms with Crippen LogP contribution in [0.2, 0.25) is 0 Å². The Morgan fingerprint density at radius 2 is 1.09 bits per heavy atom. The van der Waals surface area contributed by atoms with E-state index in [4.69, 9.17) is 14.7 Å². The van der Waals surface area contributed by atoms with E-state index < -0.39 is 7.32 Å². The van der Waals surface area contributed by atoms with Crippen LogP contribution >= 0.6 is 0 Å². The molecule has 0 amide bonds. The third-order valence-electron chi connectivity index (χ3n) is 4.91. The fourth-order valence-electron chi connectivity index (χ4n) is 3.43. The van der Waals surface area contributed by atoms with Gasteiger partial charge in [-0.2, -0.15) is 0 Å². The molecule has 0 aromatic rings. The van der Waals surface area contributed by atoms with Crippen molar-refractivity contribution in [3.63, 3.8) is 0 Å². The minimum atomic E-state index is -1.62. The first-order chi connectivity index (χ1) is 11.2. The molecule has 0 saturated carbocycles. The van der Waals surface area contributed by atoms with Crippen molar-refractivity contribution in [1.29, 1.82) is 0 Å². The van der Waals surface area contributed by atoms with Gasteiger partial charge in [0.2, 0.25) is 0 Å². The van der Waals surface area contributed by atoms with E-state index in [-0.39, 0.29) is 0 Å². The normalized spacial score (nSPS) is 14.0. The molecule has 0 aromatic heterocycles. The molecule has 0 aromatic carbocycles. The van der Waals surface area contributed by atoms with Crippen LogP contribution in [-0.2, 0) is 4.65 Å². The fraction of sp³-hybridized carbons (Fsp3) is 1.00. The van der Waals surface area contributed by atoms with Crippen LogP contribution in [0.1, 0.15) is 104 Å². The van der Waals surface area contributed by atoms with E-state index in [1.165, 1.54) is 77.0 Å². The summed E-state index contributed by atoms with van der Waals surface area (Å²) in [5.74, 6) is 1.15. The summed E-state index contributed by atoms with van der Waals surface area (Å²) in [6.07, 6.45) is 16.5. The fourth-order valence-corrected chi connectivity index (χ4v) is 3.43. The van der Waals surface area contributed by atoms with Crippen LogP contribution < -0.4 is 0 Å². The van der Waals surface area contributed by atoms with Gasteiger partial charge in [0, 0.05) is 6.61 Å². The summed E-state index contributed by atoms with van der Waals surface area (Å²) in [4.78, 5) is 0. The molecule has 0 heterocycles. The van der Waals surface area contributed by atoms with E-state index in [9.17, 15) is 0 Å². The van der Waals surface area contributed by atoms with Crippen LogP contribution in [0.3, 0.4) is 0 Å². The zero-order valence-corrected chi connectivity index (χ0v) is 15.9. The third kappa shape index (κ3) is 14.0. The summed E-state index contributed by atoms with van der Waals surface area (Å²) in [6.45, 7) is 7.22. The molecule has 2 atom stereocenters. The molecule has 23 heavy (non-hydrogen) atoms. The molecule has 0 radical (unpaired) electrons. The van der Waals surface area contributed by atoms with Crippen molar-refractivity contribution in [2.75, 3.05) is 6.61 Å². The molecule has 3 nitrogen and oxygen atoms in total.